The van der Waals surface area contributed by atoms with Gasteiger partial charge in [0.25, 0.3) is 0 Å². The van der Waals surface area contributed by atoms with Crippen molar-refractivity contribution in [3.63, 3.8) is 0 Å². The Morgan fingerprint density at radius 3 is 2.96 bits per heavy atom. The van der Waals surface area contributed by atoms with Gasteiger partial charge in [-0.1, -0.05) is 11.3 Å². The Kier molecular flexibility index (Phi) is 5.14. The van der Waals surface area contributed by atoms with Crippen LogP contribution in [0.4, 0.5) is 0 Å². The molecule has 1 saturated heterocycles. The van der Waals surface area contributed by atoms with E-state index >= 15 is 0 Å². The van der Waals surface area contributed by atoms with E-state index in [1.54, 1.807) is 4.52 Å². The van der Waals surface area contributed by atoms with E-state index in [0.717, 1.165) is 35.1 Å². The Morgan fingerprint density at radius 1 is 1.42 bits per heavy atom. The van der Waals surface area contributed by atoms with Gasteiger partial charge >= 0.3 is 0 Å². The standard InChI is InChI=1S/C14H21N5O3S2/c1-10-16-17-14-19(10)18-13(23-14)5-4-12(20)15-7-2-3-11-6-8-24(21,22)9-11/h11H,2-9H2,1H3,(H,15,20). The number of nitrogens with one attached hydrogen (secondary N) is 1. The van der Waals surface area contributed by atoms with Crippen LogP contribution in [0.5, 0.6) is 0 Å². The predicted molar refractivity (Wildman–Crippen MR) is 90.7 cm³/mol. The number of hydrogen-bond donors (Lipinski definition) is 1. The molecule has 1 unspecified atom stereocenters. The second-order valence-corrected chi connectivity index (χ2v) is 9.47. The summed E-state index contributed by atoms with van der Waals surface area (Å²) < 4.78 is 24.5. The maximum absolute atomic E-state index is 11.9. The second-order valence-electron chi connectivity index (χ2n) is 6.20. The number of nitrogens with zero attached hydrogens (tertiary/aromatic N) is 4. The molecule has 1 aliphatic rings. The van der Waals surface area contributed by atoms with Crippen molar-refractivity contribution < 1.29 is 13.2 Å². The number of fused-ring (bicyclic) bond motifs is 1. The van der Waals surface area contributed by atoms with Gasteiger partial charge in [0.15, 0.2) is 15.7 Å². The SMILES string of the molecule is Cc1nnc2sc(CCC(=O)NCCCC3CCS(=O)(=O)C3)nn12. The number of amides is 1. The molecule has 0 spiro atoms. The summed E-state index contributed by atoms with van der Waals surface area (Å²) in [6.07, 6.45) is 3.41. The molecular formula is C14H21N5O3S2. The van der Waals surface area contributed by atoms with E-state index in [1.807, 2.05) is 6.92 Å². The van der Waals surface area contributed by atoms with Crippen LogP contribution >= 0.6 is 11.3 Å². The van der Waals surface area contributed by atoms with Gasteiger partial charge in [-0.3, -0.25) is 4.79 Å². The predicted octanol–water partition coefficient (Wildman–Crippen LogP) is 0.758. The Morgan fingerprint density at radius 2 is 2.25 bits per heavy atom. The van der Waals surface area contributed by atoms with Crippen molar-refractivity contribution in [2.45, 2.75) is 39.0 Å². The highest BCUT2D eigenvalue weighted by molar-refractivity contribution is 7.91. The van der Waals surface area contributed by atoms with E-state index in [9.17, 15) is 13.2 Å². The summed E-state index contributed by atoms with van der Waals surface area (Å²) in [6, 6.07) is 0. The summed E-state index contributed by atoms with van der Waals surface area (Å²) in [5.41, 5.74) is 0. The molecule has 0 bridgehead atoms. The summed E-state index contributed by atoms with van der Waals surface area (Å²) >= 11 is 1.45. The normalized spacial score (nSPS) is 19.8. The zero-order chi connectivity index (χ0) is 17.2. The van der Waals surface area contributed by atoms with E-state index in [4.69, 9.17) is 0 Å². The molecule has 0 radical (unpaired) electrons. The average molecular weight is 371 g/mol. The first-order valence-corrected chi connectivity index (χ1v) is 10.7. The van der Waals surface area contributed by atoms with Crippen LogP contribution < -0.4 is 5.32 Å². The fraction of sp³-hybridized carbons (Fsp3) is 0.714. The number of sulfone groups is 1. The van der Waals surface area contributed by atoms with Crippen LogP contribution in [0.1, 0.15) is 36.5 Å². The topological polar surface area (TPSA) is 106 Å². The zero-order valence-electron chi connectivity index (χ0n) is 13.6. The molecule has 2 aromatic heterocycles. The van der Waals surface area contributed by atoms with Crippen LogP contribution in [0.2, 0.25) is 0 Å². The molecule has 1 fully saturated rings. The maximum Gasteiger partial charge on any atom is 0.234 e. The molecule has 2 aromatic rings. The van der Waals surface area contributed by atoms with Crippen LogP contribution in [-0.4, -0.2) is 52.2 Å². The molecule has 8 nitrogen and oxygen atoms in total. The first kappa shape index (κ1) is 17.3. The van der Waals surface area contributed by atoms with Crippen molar-refractivity contribution in [1.82, 2.24) is 25.1 Å². The molecule has 1 amide bonds. The van der Waals surface area contributed by atoms with E-state index in [-0.39, 0.29) is 11.8 Å². The number of hydrogen-bond acceptors (Lipinski definition) is 7. The number of carbonyl (C=O) groups is 1. The fourth-order valence-electron chi connectivity index (χ4n) is 2.88. The van der Waals surface area contributed by atoms with Gasteiger partial charge in [-0.25, -0.2) is 8.42 Å². The quantitative estimate of drug-likeness (QED) is 0.720. The molecule has 0 aromatic carbocycles. The Balaban J connectivity index is 1.34. The minimum Gasteiger partial charge on any atom is -0.356 e. The number of aromatic nitrogens is 4. The smallest absolute Gasteiger partial charge is 0.234 e. The summed E-state index contributed by atoms with van der Waals surface area (Å²) in [5, 5.41) is 16.1. The van der Waals surface area contributed by atoms with Crippen molar-refractivity contribution in [2.75, 3.05) is 18.1 Å². The van der Waals surface area contributed by atoms with E-state index in [0.29, 0.717) is 30.9 Å². The molecule has 1 atom stereocenters. The number of rotatable bonds is 7. The van der Waals surface area contributed by atoms with Gasteiger partial charge in [0.1, 0.15) is 5.01 Å². The molecule has 3 heterocycles. The average Bonchev–Trinajstić information content (AvgIpc) is 3.18. The second kappa shape index (κ2) is 7.14. The summed E-state index contributed by atoms with van der Waals surface area (Å²) in [5.74, 6) is 1.62. The van der Waals surface area contributed by atoms with Crippen LogP contribution in [-0.2, 0) is 21.1 Å². The van der Waals surface area contributed by atoms with Gasteiger partial charge in [0.05, 0.1) is 11.5 Å². The number of aryl methyl sites for hydroxylation is 2. The van der Waals surface area contributed by atoms with Crippen molar-refractivity contribution in [3.8, 4) is 0 Å². The molecule has 0 saturated carbocycles. The number of carbonyl (C=O) groups excluding carboxylic acids is 1. The Bertz CT molecular complexity index is 827. The first-order chi connectivity index (χ1) is 11.4. The lowest BCUT2D eigenvalue weighted by Crippen LogP contribution is -2.25. The van der Waals surface area contributed by atoms with E-state index in [2.05, 4.69) is 20.6 Å². The lowest BCUT2D eigenvalue weighted by Gasteiger charge is -2.08. The Hall–Kier alpha value is -1.55. The highest BCUT2D eigenvalue weighted by atomic mass is 32.2. The monoisotopic (exact) mass is 371 g/mol. The highest BCUT2D eigenvalue weighted by Crippen LogP contribution is 2.22. The largest absolute Gasteiger partial charge is 0.356 e. The molecule has 10 heteroatoms. The highest BCUT2D eigenvalue weighted by Gasteiger charge is 2.27. The molecule has 0 aliphatic carbocycles. The Labute approximate surface area is 144 Å². The van der Waals surface area contributed by atoms with Crippen LogP contribution in [0.25, 0.3) is 4.96 Å². The molecule has 1 aliphatic heterocycles. The van der Waals surface area contributed by atoms with Crippen LogP contribution in [0, 0.1) is 12.8 Å². The fourth-order valence-corrected chi connectivity index (χ4v) is 5.67. The third-order valence-electron chi connectivity index (χ3n) is 4.19. The van der Waals surface area contributed by atoms with Gasteiger partial charge in [-0.2, -0.15) is 9.61 Å². The molecule has 132 valence electrons. The lowest BCUT2D eigenvalue weighted by atomic mass is 10.0. The van der Waals surface area contributed by atoms with Gasteiger partial charge in [0.2, 0.25) is 10.9 Å². The van der Waals surface area contributed by atoms with Crippen molar-refractivity contribution in [3.05, 3.63) is 10.8 Å². The first-order valence-electron chi connectivity index (χ1n) is 8.08. The molecule has 3 rings (SSSR count). The summed E-state index contributed by atoms with van der Waals surface area (Å²) in [7, 11) is -2.80. The third-order valence-corrected chi connectivity index (χ3v) is 6.99. The summed E-state index contributed by atoms with van der Waals surface area (Å²) in [4.78, 5) is 12.6. The summed E-state index contributed by atoms with van der Waals surface area (Å²) in [6.45, 7) is 2.44. The van der Waals surface area contributed by atoms with Crippen LogP contribution in [0.3, 0.4) is 0 Å². The maximum atomic E-state index is 11.9. The minimum absolute atomic E-state index is 0.00303. The third kappa shape index (κ3) is 4.29. The van der Waals surface area contributed by atoms with E-state index < -0.39 is 9.84 Å². The van der Waals surface area contributed by atoms with Gasteiger partial charge in [0, 0.05) is 19.4 Å². The lowest BCUT2D eigenvalue weighted by molar-refractivity contribution is -0.121. The van der Waals surface area contributed by atoms with Crippen LogP contribution in [0.15, 0.2) is 0 Å². The molecule has 24 heavy (non-hydrogen) atoms. The van der Waals surface area contributed by atoms with Gasteiger partial charge in [-0.05, 0) is 32.1 Å². The van der Waals surface area contributed by atoms with E-state index in [1.165, 1.54) is 11.3 Å². The zero-order valence-corrected chi connectivity index (χ0v) is 15.2. The van der Waals surface area contributed by atoms with Crippen molar-refractivity contribution >= 4 is 32.0 Å². The van der Waals surface area contributed by atoms with Gasteiger partial charge in [-0.15, -0.1) is 10.2 Å². The molecular weight excluding hydrogens is 350 g/mol. The minimum atomic E-state index is -2.80. The molecule has 1 N–H and O–H groups in total. The van der Waals surface area contributed by atoms with Gasteiger partial charge < -0.3 is 5.32 Å². The van der Waals surface area contributed by atoms with Crippen molar-refractivity contribution in [2.24, 2.45) is 5.92 Å². The van der Waals surface area contributed by atoms with Crippen molar-refractivity contribution in [1.29, 1.82) is 0 Å².